The maximum absolute atomic E-state index is 7.62. The monoisotopic (exact) mass is 152 g/mol. The van der Waals surface area contributed by atoms with Crippen molar-refractivity contribution >= 4 is 0 Å². The van der Waals surface area contributed by atoms with Crippen molar-refractivity contribution in [3.05, 3.63) is 0 Å². The molecule has 0 amide bonds. The van der Waals surface area contributed by atoms with E-state index in [0.29, 0.717) is 13.2 Å². The lowest BCUT2D eigenvalue weighted by atomic mass is 10.8. The molecule has 0 rings (SSSR count). The summed E-state index contributed by atoms with van der Waals surface area (Å²) in [7, 11) is 3.30. The van der Waals surface area contributed by atoms with E-state index in [4.69, 9.17) is 10.2 Å². The SMILES string of the molecule is COCCOC.OCCO. The summed E-state index contributed by atoms with van der Waals surface area (Å²) in [5, 5.41) is 15.2. The number of hydrogen-bond donors (Lipinski definition) is 2. The zero-order valence-electron chi connectivity index (χ0n) is 6.54. The Kier molecular flexibility index (Phi) is 19.9. The van der Waals surface area contributed by atoms with Crippen molar-refractivity contribution in [3.63, 3.8) is 0 Å². The van der Waals surface area contributed by atoms with Crippen LogP contribution in [0.2, 0.25) is 0 Å². The van der Waals surface area contributed by atoms with Crippen LogP contribution in [0.3, 0.4) is 0 Å². The van der Waals surface area contributed by atoms with E-state index in [9.17, 15) is 0 Å². The first-order chi connectivity index (χ1) is 4.83. The third-order valence-corrected chi connectivity index (χ3v) is 0.592. The minimum absolute atomic E-state index is 0.125. The van der Waals surface area contributed by atoms with Crippen LogP contribution in [0.1, 0.15) is 0 Å². The van der Waals surface area contributed by atoms with Crippen molar-refractivity contribution in [2.75, 3.05) is 40.6 Å². The molecule has 0 unspecified atom stereocenters. The molecule has 10 heavy (non-hydrogen) atoms. The van der Waals surface area contributed by atoms with Crippen LogP contribution in [0, 0.1) is 0 Å². The molecule has 0 heterocycles. The number of ether oxygens (including phenoxy) is 2. The summed E-state index contributed by atoms with van der Waals surface area (Å²) in [6.07, 6.45) is 0. The molecule has 0 aliphatic rings. The lowest BCUT2D eigenvalue weighted by Gasteiger charge is -1.91. The summed E-state index contributed by atoms with van der Waals surface area (Å²) in [5.41, 5.74) is 0. The second kappa shape index (κ2) is 15.9. The van der Waals surface area contributed by atoms with Gasteiger partial charge in [-0.3, -0.25) is 0 Å². The van der Waals surface area contributed by atoms with E-state index < -0.39 is 0 Å². The topological polar surface area (TPSA) is 58.9 Å². The molecule has 2 N–H and O–H groups in total. The third-order valence-electron chi connectivity index (χ3n) is 0.592. The van der Waals surface area contributed by atoms with Crippen molar-refractivity contribution in [2.45, 2.75) is 0 Å². The van der Waals surface area contributed by atoms with Crippen LogP contribution in [0.5, 0.6) is 0 Å². The standard InChI is InChI=1S/C4H10O2.C2H6O2/c1-5-3-4-6-2;3-1-2-4/h3-4H2,1-2H3;3-4H,1-2H2. The maximum Gasteiger partial charge on any atom is 0.0696 e. The second-order valence-electron chi connectivity index (χ2n) is 1.43. The second-order valence-corrected chi connectivity index (χ2v) is 1.43. The van der Waals surface area contributed by atoms with Gasteiger partial charge in [-0.2, -0.15) is 0 Å². The van der Waals surface area contributed by atoms with Gasteiger partial charge in [-0.15, -0.1) is 0 Å². The Hall–Kier alpha value is -0.160. The molecule has 0 radical (unpaired) electrons. The Morgan fingerprint density at radius 1 is 0.900 bits per heavy atom. The van der Waals surface area contributed by atoms with Crippen LogP contribution in [0.4, 0.5) is 0 Å². The van der Waals surface area contributed by atoms with Gasteiger partial charge in [0.1, 0.15) is 0 Å². The van der Waals surface area contributed by atoms with Crippen molar-refractivity contribution in [1.82, 2.24) is 0 Å². The van der Waals surface area contributed by atoms with Gasteiger partial charge < -0.3 is 19.7 Å². The van der Waals surface area contributed by atoms with Gasteiger partial charge in [-0.25, -0.2) is 0 Å². The van der Waals surface area contributed by atoms with Crippen LogP contribution in [0.25, 0.3) is 0 Å². The van der Waals surface area contributed by atoms with Crippen molar-refractivity contribution in [1.29, 1.82) is 0 Å². The van der Waals surface area contributed by atoms with Crippen LogP contribution >= 0.6 is 0 Å². The van der Waals surface area contributed by atoms with Crippen LogP contribution in [-0.4, -0.2) is 50.9 Å². The molecule has 64 valence electrons. The summed E-state index contributed by atoms with van der Waals surface area (Å²) < 4.78 is 9.31. The van der Waals surface area contributed by atoms with Crippen molar-refractivity contribution in [2.24, 2.45) is 0 Å². The molecule has 4 nitrogen and oxygen atoms in total. The molecule has 0 spiro atoms. The van der Waals surface area contributed by atoms with Crippen LogP contribution in [0.15, 0.2) is 0 Å². The van der Waals surface area contributed by atoms with E-state index in [1.165, 1.54) is 0 Å². The Morgan fingerprint density at radius 3 is 1.30 bits per heavy atom. The average Bonchev–Trinajstić information content (AvgIpc) is 2.01. The molecule has 0 bridgehead atoms. The molecule has 0 aliphatic heterocycles. The van der Waals surface area contributed by atoms with Gasteiger partial charge in [0.15, 0.2) is 0 Å². The summed E-state index contributed by atoms with van der Waals surface area (Å²) in [6, 6.07) is 0. The van der Waals surface area contributed by atoms with Gasteiger partial charge in [0.2, 0.25) is 0 Å². The minimum atomic E-state index is -0.125. The fourth-order valence-electron chi connectivity index (χ4n) is 0.167. The Bertz CT molecular complexity index is 34.7. The zero-order valence-corrected chi connectivity index (χ0v) is 6.54. The van der Waals surface area contributed by atoms with Crippen molar-refractivity contribution in [3.8, 4) is 0 Å². The molecular formula is C6H16O4. The number of aliphatic hydroxyl groups excluding tert-OH is 2. The molecule has 0 aromatic heterocycles. The molecule has 0 saturated heterocycles. The van der Waals surface area contributed by atoms with E-state index in [2.05, 4.69) is 9.47 Å². The van der Waals surface area contributed by atoms with Gasteiger partial charge in [0.05, 0.1) is 26.4 Å². The van der Waals surface area contributed by atoms with E-state index in [1.54, 1.807) is 14.2 Å². The predicted molar refractivity (Wildman–Crippen MR) is 37.9 cm³/mol. The Morgan fingerprint density at radius 2 is 1.20 bits per heavy atom. The first kappa shape index (κ1) is 12.5. The van der Waals surface area contributed by atoms with Gasteiger partial charge in [-0.05, 0) is 0 Å². The molecule has 0 saturated carbocycles. The highest BCUT2D eigenvalue weighted by Crippen LogP contribution is 1.65. The summed E-state index contributed by atoms with van der Waals surface area (Å²) in [5.74, 6) is 0. The molecule has 0 fully saturated rings. The Balaban J connectivity index is 0. The number of hydrogen-bond acceptors (Lipinski definition) is 4. The smallest absolute Gasteiger partial charge is 0.0696 e. The van der Waals surface area contributed by atoms with E-state index in [1.807, 2.05) is 0 Å². The molecular weight excluding hydrogens is 136 g/mol. The highest BCUT2D eigenvalue weighted by Gasteiger charge is 1.73. The van der Waals surface area contributed by atoms with Crippen LogP contribution < -0.4 is 0 Å². The lowest BCUT2D eigenvalue weighted by Crippen LogP contribution is -1.96. The van der Waals surface area contributed by atoms with Gasteiger partial charge in [0, 0.05) is 14.2 Å². The fraction of sp³-hybridized carbons (Fsp3) is 1.00. The predicted octanol–water partition coefficient (Wildman–Crippen LogP) is -0.750. The highest BCUT2D eigenvalue weighted by atomic mass is 16.5. The quantitative estimate of drug-likeness (QED) is 0.520. The molecule has 0 aromatic rings. The van der Waals surface area contributed by atoms with E-state index in [0.717, 1.165) is 0 Å². The molecule has 0 aromatic carbocycles. The zero-order chi connectivity index (χ0) is 8.24. The summed E-state index contributed by atoms with van der Waals surface area (Å²) >= 11 is 0. The summed E-state index contributed by atoms with van der Waals surface area (Å²) in [6.45, 7) is 1.13. The van der Waals surface area contributed by atoms with E-state index >= 15 is 0 Å². The lowest BCUT2D eigenvalue weighted by molar-refractivity contribution is 0.103. The number of methoxy groups -OCH3 is 2. The molecule has 4 heteroatoms. The number of rotatable bonds is 4. The van der Waals surface area contributed by atoms with Gasteiger partial charge in [0.25, 0.3) is 0 Å². The van der Waals surface area contributed by atoms with Gasteiger partial charge >= 0.3 is 0 Å². The third kappa shape index (κ3) is 24.9. The molecule has 0 aliphatic carbocycles. The average molecular weight is 152 g/mol. The van der Waals surface area contributed by atoms with Crippen LogP contribution in [-0.2, 0) is 9.47 Å². The Labute approximate surface area is 61.4 Å². The summed E-state index contributed by atoms with van der Waals surface area (Å²) in [4.78, 5) is 0. The van der Waals surface area contributed by atoms with Crippen molar-refractivity contribution < 1.29 is 19.7 Å². The maximum atomic E-state index is 7.62. The molecule has 0 atom stereocenters. The number of aliphatic hydroxyl groups is 2. The largest absolute Gasteiger partial charge is 0.394 e. The highest BCUT2D eigenvalue weighted by molar-refractivity contribution is 4.17. The van der Waals surface area contributed by atoms with Gasteiger partial charge in [-0.1, -0.05) is 0 Å². The fourth-order valence-corrected chi connectivity index (χ4v) is 0.167. The first-order valence-corrected chi connectivity index (χ1v) is 3.03. The first-order valence-electron chi connectivity index (χ1n) is 3.03. The van der Waals surface area contributed by atoms with E-state index in [-0.39, 0.29) is 13.2 Å². The normalized spacial score (nSPS) is 8.40. The minimum Gasteiger partial charge on any atom is -0.394 e.